The molecule has 1 aromatic carbocycles. The van der Waals surface area contributed by atoms with Gasteiger partial charge in [0, 0.05) is 49.5 Å². The van der Waals surface area contributed by atoms with Crippen LogP contribution in [0, 0.1) is 5.82 Å². The van der Waals surface area contributed by atoms with Gasteiger partial charge in [-0.2, -0.15) is 0 Å². The summed E-state index contributed by atoms with van der Waals surface area (Å²) in [7, 11) is 2.11. The van der Waals surface area contributed by atoms with E-state index in [1.54, 1.807) is 12.3 Å². The number of nitrogens with one attached hydrogen (secondary N) is 1. The van der Waals surface area contributed by atoms with Gasteiger partial charge in [0.2, 0.25) is 5.95 Å². The van der Waals surface area contributed by atoms with E-state index in [2.05, 4.69) is 37.3 Å². The van der Waals surface area contributed by atoms with Crippen molar-refractivity contribution in [3.63, 3.8) is 0 Å². The highest BCUT2D eigenvalue weighted by Gasteiger charge is 2.15. The van der Waals surface area contributed by atoms with Crippen molar-refractivity contribution in [2.45, 2.75) is 0 Å². The van der Waals surface area contributed by atoms with E-state index < -0.39 is 5.82 Å². The molecule has 1 N–H and O–H groups in total. The Morgan fingerprint density at radius 3 is 2.73 bits per heavy atom. The molecule has 2 aromatic heterocycles. The fourth-order valence-electron chi connectivity index (χ4n) is 2.96. The van der Waals surface area contributed by atoms with Crippen LogP contribution >= 0.6 is 11.6 Å². The maximum atomic E-state index is 14.2. The minimum absolute atomic E-state index is 0.134. The van der Waals surface area contributed by atoms with Crippen LogP contribution in [0.4, 0.5) is 10.3 Å². The Balaban J connectivity index is 1.59. The Morgan fingerprint density at radius 2 is 1.92 bits per heavy atom. The third kappa shape index (κ3) is 3.46. The summed E-state index contributed by atoms with van der Waals surface area (Å²) < 4.78 is 14.2. The molecular formula is C18H18ClFN6. The number of hydrazine groups is 1. The number of likely N-dealkylation sites (N-methyl/N-ethyl adjacent to an activating group) is 1. The lowest BCUT2D eigenvalue weighted by molar-refractivity contribution is 0.178. The van der Waals surface area contributed by atoms with Gasteiger partial charge < -0.3 is 4.90 Å². The summed E-state index contributed by atoms with van der Waals surface area (Å²) in [5.41, 5.74) is 5.17. The highest BCUT2D eigenvalue weighted by Crippen LogP contribution is 2.28. The highest BCUT2D eigenvalue weighted by atomic mass is 35.5. The van der Waals surface area contributed by atoms with Gasteiger partial charge in [-0.3, -0.25) is 5.43 Å². The molecule has 3 aromatic rings. The molecule has 0 bridgehead atoms. The van der Waals surface area contributed by atoms with Crippen LogP contribution in [0.3, 0.4) is 0 Å². The van der Waals surface area contributed by atoms with E-state index in [4.69, 9.17) is 11.6 Å². The molecule has 0 saturated carbocycles. The number of fused-ring (bicyclic) bond motifs is 1. The molecule has 0 spiro atoms. The summed E-state index contributed by atoms with van der Waals surface area (Å²) in [6.07, 6.45) is 3.23. The molecule has 1 aliphatic rings. The van der Waals surface area contributed by atoms with Gasteiger partial charge in [0.1, 0.15) is 0 Å². The van der Waals surface area contributed by atoms with Crippen molar-refractivity contribution in [2.75, 3.05) is 38.7 Å². The van der Waals surface area contributed by atoms with Crippen molar-refractivity contribution in [1.82, 2.24) is 24.9 Å². The second-order valence-electron chi connectivity index (χ2n) is 6.33. The minimum atomic E-state index is -0.525. The monoisotopic (exact) mass is 372 g/mol. The fourth-order valence-corrected chi connectivity index (χ4v) is 3.11. The number of hydrogen-bond acceptors (Lipinski definition) is 6. The lowest BCUT2D eigenvalue weighted by Gasteiger charge is -2.32. The van der Waals surface area contributed by atoms with Crippen LogP contribution in [0.1, 0.15) is 0 Å². The average Bonchev–Trinajstić information content (AvgIpc) is 2.65. The second kappa shape index (κ2) is 7.11. The topological polar surface area (TPSA) is 57.2 Å². The van der Waals surface area contributed by atoms with Gasteiger partial charge in [0.05, 0.1) is 5.52 Å². The zero-order valence-corrected chi connectivity index (χ0v) is 15.0. The Kier molecular flexibility index (Phi) is 4.67. The van der Waals surface area contributed by atoms with Gasteiger partial charge in [-0.15, -0.1) is 0 Å². The lowest BCUT2D eigenvalue weighted by atomic mass is 10.0. The van der Waals surface area contributed by atoms with Crippen molar-refractivity contribution in [1.29, 1.82) is 0 Å². The molecule has 1 saturated heterocycles. The summed E-state index contributed by atoms with van der Waals surface area (Å²) in [5, 5.41) is 2.81. The average molecular weight is 373 g/mol. The number of rotatable bonds is 3. The van der Waals surface area contributed by atoms with Crippen LogP contribution < -0.4 is 5.43 Å². The third-order valence-electron chi connectivity index (χ3n) is 4.50. The molecule has 134 valence electrons. The number of anilines is 1. The number of piperazine rings is 1. The van der Waals surface area contributed by atoms with Crippen LogP contribution in [0.15, 0.2) is 36.7 Å². The molecule has 0 atom stereocenters. The number of pyridine rings is 1. The summed E-state index contributed by atoms with van der Waals surface area (Å²) >= 11 is 5.78. The molecule has 0 unspecified atom stereocenters. The van der Waals surface area contributed by atoms with Gasteiger partial charge >= 0.3 is 0 Å². The largest absolute Gasteiger partial charge is 0.304 e. The van der Waals surface area contributed by atoms with Crippen molar-refractivity contribution < 1.29 is 4.39 Å². The van der Waals surface area contributed by atoms with E-state index in [1.807, 2.05) is 18.2 Å². The first-order valence-electron chi connectivity index (χ1n) is 8.37. The predicted octanol–water partition coefficient (Wildman–Crippen LogP) is 3.06. The molecular weight excluding hydrogens is 355 g/mol. The third-order valence-corrected chi connectivity index (χ3v) is 4.76. The Bertz CT molecular complexity index is 942. The molecule has 0 radical (unpaired) electrons. The van der Waals surface area contributed by atoms with Crippen LogP contribution in [-0.4, -0.2) is 58.1 Å². The maximum absolute atomic E-state index is 14.2. The van der Waals surface area contributed by atoms with Gasteiger partial charge in [0.15, 0.2) is 11.0 Å². The van der Waals surface area contributed by atoms with Crippen LogP contribution in [0.5, 0.6) is 0 Å². The Labute approximate surface area is 155 Å². The first-order chi connectivity index (χ1) is 12.6. The van der Waals surface area contributed by atoms with E-state index in [0.717, 1.165) is 37.1 Å². The van der Waals surface area contributed by atoms with Crippen LogP contribution in [0.25, 0.3) is 22.0 Å². The van der Waals surface area contributed by atoms with Gasteiger partial charge in [-0.25, -0.2) is 24.4 Å². The number of benzene rings is 1. The lowest BCUT2D eigenvalue weighted by Crippen LogP contribution is -2.47. The Morgan fingerprint density at radius 1 is 1.12 bits per heavy atom. The zero-order chi connectivity index (χ0) is 18.1. The van der Waals surface area contributed by atoms with Crippen molar-refractivity contribution in [3.05, 3.63) is 47.6 Å². The normalized spacial score (nSPS) is 16.1. The molecule has 4 rings (SSSR count). The van der Waals surface area contributed by atoms with E-state index in [0.29, 0.717) is 17.1 Å². The van der Waals surface area contributed by atoms with Gasteiger partial charge in [-0.05, 0) is 30.8 Å². The highest BCUT2D eigenvalue weighted by molar-refractivity contribution is 6.29. The van der Waals surface area contributed by atoms with Crippen molar-refractivity contribution >= 4 is 28.5 Å². The molecule has 1 aliphatic heterocycles. The molecule has 3 heterocycles. The number of aromatic nitrogens is 3. The number of hydrogen-bond donors (Lipinski definition) is 1. The quantitative estimate of drug-likeness (QED) is 0.713. The smallest absolute Gasteiger partial charge is 0.238 e. The molecule has 8 heteroatoms. The molecule has 0 aliphatic carbocycles. The summed E-state index contributed by atoms with van der Waals surface area (Å²) in [6.45, 7) is 3.84. The zero-order valence-electron chi connectivity index (χ0n) is 14.3. The second-order valence-corrected chi connectivity index (χ2v) is 6.69. The fraction of sp³-hybridized carbons (Fsp3) is 0.278. The summed E-state index contributed by atoms with van der Waals surface area (Å²) in [4.78, 5) is 15.0. The Hall–Kier alpha value is -2.35. The van der Waals surface area contributed by atoms with Crippen LogP contribution in [-0.2, 0) is 0 Å². The standard InChI is InChI=1S/C18H18ClFN6/c1-25-6-8-26(9-7-25)24-18-22-11-13-10-12(2-3-15(13)23-18)14-4-5-21-17(19)16(14)20/h2-5,10-11H,6-9H2,1H3,(H,22,23,24). The molecule has 1 fully saturated rings. The van der Waals surface area contributed by atoms with Gasteiger partial charge in [-0.1, -0.05) is 17.7 Å². The SMILES string of the molecule is CN1CCN(Nc2ncc3cc(-c4ccnc(Cl)c4F)ccc3n2)CC1. The van der Waals surface area contributed by atoms with Crippen molar-refractivity contribution in [2.24, 2.45) is 0 Å². The first-order valence-corrected chi connectivity index (χ1v) is 8.75. The van der Waals surface area contributed by atoms with E-state index >= 15 is 0 Å². The molecule has 26 heavy (non-hydrogen) atoms. The van der Waals surface area contributed by atoms with Gasteiger partial charge in [0.25, 0.3) is 0 Å². The number of nitrogens with zero attached hydrogens (tertiary/aromatic N) is 5. The molecule has 6 nitrogen and oxygen atoms in total. The summed E-state index contributed by atoms with van der Waals surface area (Å²) in [5.74, 6) is 0.0377. The summed E-state index contributed by atoms with van der Waals surface area (Å²) in [6, 6.07) is 7.13. The van der Waals surface area contributed by atoms with E-state index in [9.17, 15) is 4.39 Å². The molecule has 0 amide bonds. The minimum Gasteiger partial charge on any atom is -0.304 e. The first kappa shape index (κ1) is 17.1. The van der Waals surface area contributed by atoms with Crippen molar-refractivity contribution in [3.8, 4) is 11.1 Å². The van der Waals surface area contributed by atoms with E-state index in [1.165, 1.54) is 6.20 Å². The number of halogens is 2. The van der Waals surface area contributed by atoms with E-state index in [-0.39, 0.29) is 5.15 Å². The van der Waals surface area contributed by atoms with Crippen LogP contribution in [0.2, 0.25) is 5.15 Å². The predicted molar refractivity (Wildman–Crippen MR) is 100 cm³/mol. The maximum Gasteiger partial charge on any atom is 0.238 e.